The molecule has 0 aliphatic heterocycles. The number of hydrogen-bond donors (Lipinski definition) is 2. The van der Waals surface area contributed by atoms with Crippen molar-refractivity contribution >= 4 is 23.2 Å². The number of carbonyl (C=O) groups excluding carboxylic acids is 2. The van der Waals surface area contributed by atoms with Crippen molar-refractivity contribution < 1.29 is 14.3 Å². The van der Waals surface area contributed by atoms with Crippen molar-refractivity contribution in [1.82, 2.24) is 14.8 Å². The minimum Gasteiger partial charge on any atom is -0.484 e. The minimum absolute atomic E-state index is 0.0287. The third-order valence-electron chi connectivity index (χ3n) is 4.19. The Morgan fingerprint density at radius 2 is 2.00 bits per heavy atom. The Hall–Kier alpha value is -3.68. The first kappa shape index (κ1) is 17.7. The topological polar surface area (TPSA) is 98.1 Å². The smallest absolute Gasteiger partial charge is 0.262 e. The van der Waals surface area contributed by atoms with Gasteiger partial charge in [-0.25, -0.2) is 9.67 Å². The van der Waals surface area contributed by atoms with Crippen LogP contribution in [-0.2, 0) is 9.59 Å². The van der Waals surface area contributed by atoms with Crippen molar-refractivity contribution in [3.8, 4) is 11.6 Å². The first-order chi connectivity index (χ1) is 13.7. The summed E-state index contributed by atoms with van der Waals surface area (Å²) in [5.41, 5.74) is 1.23. The molecule has 0 saturated heterocycles. The van der Waals surface area contributed by atoms with Gasteiger partial charge in [0.15, 0.2) is 12.4 Å². The van der Waals surface area contributed by atoms with Gasteiger partial charge in [-0.1, -0.05) is 6.07 Å². The number of anilines is 2. The van der Waals surface area contributed by atoms with Gasteiger partial charge in [0.2, 0.25) is 5.91 Å². The van der Waals surface area contributed by atoms with E-state index in [1.54, 1.807) is 65.7 Å². The highest BCUT2D eigenvalue weighted by Crippen LogP contribution is 2.30. The van der Waals surface area contributed by atoms with Crippen LogP contribution in [0.5, 0.6) is 5.75 Å². The van der Waals surface area contributed by atoms with Crippen LogP contribution in [0.15, 0.2) is 61.1 Å². The summed E-state index contributed by atoms with van der Waals surface area (Å²) in [6.07, 6.45) is 6.90. The predicted molar refractivity (Wildman–Crippen MR) is 103 cm³/mol. The van der Waals surface area contributed by atoms with E-state index in [0.717, 1.165) is 12.8 Å². The van der Waals surface area contributed by atoms with E-state index in [1.807, 2.05) is 0 Å². The SMILES string of the molecule is O=C(COc1cccc(NC(=O)C2CC2)c1)Nc1ccc(-n2cccn2)nc1. The minimum atomic E-state index is -0.305. The third-order valence-corrected chi connectivity index (χ3v) is 4.19. The van der Waals surface area contributed by atoms with Crippen LogP contribution in [0.2, 0.25) is 0 Å². The van der Waals surface area contributed by atoms with Crippen LogP contribution in [0, 0.1) is 5.92 Å². The van der Waals surface area contributed by atoms with Crippen molar-refractivity contribution in [2.75, 3.05) is 17.2 Å². The molecule has 8 nitrogen and oxygen atoms in total. The van der Waals surface area contributed by atoms with Crippen LogP contribution in [-0.4, -0.2) is 33.2 Å². The number of rotatable bonds is 7. The van der Waals surface area contributed by atoms with Gasteiger partial charge < -0.3 is 15.4 Å². The van der Waals surface area contributed by atoms with Gasteiger partial charge in [-0.2, -0.15) is 5.10 Å². The van der Waals surface area contributed by atoms with E-state index in [4.69, 9.17) is 4.74 Å². The van der Waals surface area contributed by atoms with E-state index in [9.17, 15) is 9.59 Å². The van der Waals surface area contributed by atoms with Gasteiger partial charge in [0, 0.05) is 30.1 Å². The largest absolute Gasteiger partial charge is 0.484 e. The van der Waals surface area contributed by atoms with Crippen LogP contribution >= 0.6 is 0 Å². The fraction of sp³-hybridized carbons (Fsp3) is 0.200. The summed E-state index contributed by atoms with van der Waals surface area (Å²) in [5.74, 6) is 1.02. The molecule has 0 bridgehead atoms. The number of hydrogen-bond acceptors (Lipinski definition) is 5. The van der Waals surface area contributed by atoms with Crippen molar-refractivity contribution in [1.29, 1.82) is 0 Å². The molecular weight excluding hydrogens is 358 g/mol. The molecule has 1 aliphatic rings. The molecule has 2 aromatic heterocycles. The Balaban J connectivity index is 1.29. The van der Waals surface area contributed by atoms with E-state index < -0.39 is 0 Å². The lowest BCUT2D eigenvalue weighted by Gasteiger charge is -2.10. The Morgan fingerprint density at radius 1 is 1.11 bits per heavy atom. The summed E-state index contributed by atoms with van der Waals surface area (Å²) in [7, 11) is 0. The van der Waals surface area contributed by atoms with Crippen molar-refractivity contribution in [2.24, 2.45) is 5.92 Å². The quantitative estimate of drug-likeness (QED) is 0.660. The number of nitrogens with one attached hydrogen (secondary N) is 2. The number of ether oxygens (including phenoxy) is 1. The standard InChI is InChI=1S/C20H19N5O3/c26-19(23-16-7-8-18(21-12-16)25-10-2-9-22-25)13-28-17-4-1-3-15(11-17)24-20(27)14-5-6-14/h1-4,7-12,14H,5-6,13H2,(H,23,26)(H,24,27). The van der Waals surface area contributed by atoms with Crippen molar-refractivity contribution in [3.63, 3.8) is 0 Å². The molecule has 28 heavy (non-hydrogen) atoms. The van der Waals surface area contributed by atoms with Gasteiger partial charge in [-0.15, -0.1) is 0 Å². The number of nitrogens with zero attached hydrogens (tertiary/aromatic N) is 3. The van der Waals surface area contributed by atoms with Gasteiger partial charge in [0.05, 0.1) is 11.9 Å². The fourth-order valence-electron chi connectivity index (χ4n) is 2.60. The molecule has 4 rings (SSSR count). The Bertz CT molecular complexity index is 966. The maximum Gasteiger partial charge on any atom is 0.262 e. The average Bonchev–Trinajstić information content (AvgIpc) is 3.42. The molecule has 1 aliphatic carbocycles. The van der Waals surface area contributed by atoms with Gasteiger partial charge in [-0.05, 0) is 43.2 Å². The second-order valence-electron chi connectivity index (χ2n) is 6.48. The Labute approximate surface area is 161 Å². The maximum absolute atomic E-state index is 12.1. The normalized spacial score (nSPS) is 13.0. The lowest BCUT2D eigenvalue weighted by molar-refractivity contribution is -0.118. The summed E-state index contributed by atoms with van der Waals surface area (Å²) < 4.78 is 7.15. The molecule has 0 radical (unpaired) electrons. The summed E-state index contributed by atoms with van der Waals surface area (Å²) >= 11 is 0. The molecule has 3 aromatic rings. The molecule has 8 heteroatoms. The zero-order chi connectivity index (χ0) is 19.3. The van der Waals surface area contributed by atoms with E-state index in [2.05, 4.69) is 20.7 Å². The first-order valence-electron chi connectivity index (χ1n) is 8.97. The number of pyridine rings is 1. The maximum atomic E-state index is 12.1. The molecule has 0 unspecified atom stereocenters. The fourth-order valence-corrected chi connectivity index (χ4v) is 2.60. The third kappa shape index (κ3) is 4.53. The first-order valence-corrected chi connectivity index (χ1v) is 8.97. The molecule has 1 aromatic carbocycles. The summed E-state index contributed by atoms with van der Waals surface area (Å²) in [5, 5.41) is 9.68. The highest BCUT2D eigenvalue weighted by molar-refractivity contribution is 5.94. The van der Waals surface area contributed by atoms with Crippen LogP contribution < -0.4 is 15.4 Å². The number of benzene rings is 1. The molecule has 2 N–H and O–H groups in total. The van der Waals surface area contributed by atoms with Gasteiger partial charge in [-0.3, -0.25) is 9.59 Å². The highest BCUT2D eigenvalue weighted by Gasteiger charge is 2.29. The van der Waals surface area contributed by atoms with Crippen LogP contribution in [0.4, 0.5) is 11.4 Å². The van der Waals surface area contributed by atoms with Gasteiger partial charge >= 0.3 is 0 Å². The Morgan fingerprint density at radius 3 is 2.71 bits per heavy atom. The average molecular weight is 377 g/mol. The lowest BCUT2D eigenvalue weighted by atomic mass is 10.3. The van der Waals surface area contributed by atoms with E-state index in [1.165, 1.54) is 0 Å². The van der Waals surface area contributed by atoms with E-state index in [0.29, 0.717) is 22.9 Å². The molecule has 0 spiro atoms. The molecule has 0 atom stereocenters. The second kappa shape index (κ2) is 7.91. The van der Waals surface area contributed by atoms with Crippen LogP contribution in [0.25, 0.3) is 5.82 Å². The predicted octanol–water partition coefficient (Wildman–Crippen LogP) is 2.63. The number of carbonyl (C=O) groups is 2. The summed E-state index contributed by atoms with van der Waals surface area (Å²) in [4.78, 5) is 28.2. The summed E-state index contributed by atoms with van der Waals surface area (Å²) in [6.45, 7) is -0.152. The monoisotopic (exact) mass is 377 g/mol. The zero-order valence-corrected chi connectivity index (χ0v) is 15.0. The second-order valence-corrected chi connectivity index (χ2v) is 6.48. The lowest BCUT2D eigenvalue weighted by Crippen LogP contribution is -2.20. The molecule has 2 amide bonds. The molecule has 142 valence electrons. The Kier molecular flexibility index (Phi) is 5.01. The summed E-state index contributed by atoms with van der Waals surface area (Å²) in [6, 6.07) is 12.3. The molecule has 1 fully saturated rings. The number of aromatic nitrogens is 3. The molecule has 2 heterocycles. The van der Waals surface area contributed by atoms with Crippen LogP contribution in [0.3, 0.4) is 0 Å². The van der Waals surface area contributed by atoms with Gasteiger partial charge in [0.1, 0.15) is 5.75 Å². The van der Waals surface area contributed by atoms with Crippen molar-refractivity contribution in [3.05, 3.63) is 61.1 Å². The molecular formula is C20H19N5O3. The van der Waals surface area contributed by atoms with E-state index >= 15 is 0 Å². The van der Waals surface area contributed by atoms with E-state index in [-0.39, 0.29) is 24.3 Å². The van der Waals surface area contributed by atoms with Crippen molar-refractivity contribution in [2.45, 2.75) is 12.8 Å². The zero-order valence-electron chi connectivity index (χ0n) is 15.0. The highest BCUT2D eigenvalue weighted by atomic mass is 16.5. The number of amides is 2. The molecule has 1 saturated carbocycles. The van der Waals surface area contributed by atoms with Crippen LogP contribution in [0.1, 0.15) is 12.8 Å². The van der Waals surface area contributed by atoms with Gasteiger partial charge in [0.25, 0.3) is 5.91 Å².